The molecule has 0 fully saturated rings. The first-order valence-electron chi connectivity index (χ1n) is 4.94. The van der Waals surface area contributed by atoms with E-state index in [4.69, 9.17) is 23.2 Å². The number of pyridine rings is 1. The van der Waals surface area contributed by atoms with Crippen LogP contribution in [-0.2, 0) is 0 Å². The van der Waals surface area contributed by atoms with Gasteiger partial charge in [-0.1, -0.05) is 23.2 Å². The molecule has 2 rings (SSSR count). The molecular formula is C12H7Cl2FN2O. The van der Waals surface area contributed by atoms with Crippen molar-refractivity contribution in [2.75, 3.05) is 5.32 Å². The molecule has 0 aliphatic heterocycles. The highest BCUT2D eigenvalue weighted by Gasteiger charge is 2.11. The molecule has 3 nitrogen and oxygen atoms in total. The molecule has 0 radical (unpaired) electrons. The monoisotopic (exact) mass is 284 g/mol. The minimum Gasteiger partial charge on any atom is -0.322 e. The predicted octanol–water partition coefficient (Wildman–Crippen LogP) is 3.78. The zero-order valence-corrected chi connectivity index (χ0v) is 10.5. The normalized spacial score (nSPS) is 10.2. The molecule has 1 heterocycles. The number of hydrogen-bond donors (Lipinski definition) is 1. The van der Waals surface area contributed by atoms with Crippen LogP contribution < -0.4 is 5.32 Å². The summed E-state index contributed by atoms with van der Waals surface area (Å²) in [7, 11) is 0. The van der Waals surface area contributed by atoms with Gasteiger partial charge < -0.3 is 5.32 Å². The highest BCUT2D eigenvalue weighted by molar-refractivity contribution is 6.34. The summed E-state index contributed by atoms with van der Waals surface area (Å²) in [6.45, 7) is 0. The second-order valence-electron chi connectivity index (χ2n) is 3.44. The van der Waals surface area contributed by atoms with Crippen molar-refractivity contribution in [3.05, 3.63) is 58.1 Å². The zero-order valence-electron chi connectivity index (χ0n) is 8.95. The van der Waals surface area contributed by atoms with Crippen LogP contribution in [0.15, 0.2) is 36.7 Å². The molecular weight excluding hydrogens is 278 g/mol. The second kappa shape index (κ2) is 5.33. The van der Waals surface area contributed by atoms with Crippen molar-refractivity contribution >= 4 is 34.8 Å². The van der Waals surface area contributed by atoms with Gasteiger partial charge in [0.25, 0.3) is 5.91 Å². The highest BCUT2D eigenvalue weighted by atomic mass is 35.5. The number of amides is 1. The van der Waals surface area contributed by atoms with E-state index < -0.39 is 11.7 Å². The summed E-state index contributed by atoms with van der Waals surface area (Å²) in [5, 5.41) is 2.74. The molecule has 92 valence electrons. The summed E-state index contributed by atoms with van der Waals surface area (Å²) in [5.74, 6) is -0.957. The molecule has 0 saturated carbocycles. The Hall–Kier alpha value is -1.65. The van der Waals surface area contributed by atoms with Crippen LogP contribution in [0.1, 0.15) is 10.4 Å². The Labute approximate surface area is 113 Å². The summed E-state index contributed by atoms with van der Waals surface area (Å²) in [6.07, 6.45) is 2.83. The molecule has 6 heteroatoms. The van der Waals surface area contributed by atoms with Gasteiger partial charge >= 0.3 is 0 Å². The molecule has 0 unspecified atom stereocenters. The van der Waals surface area contributed by atoms with Gasteiger partial charge in [-0.05, 0) is 24.3 Å². The van der Waals surface area contributed by atoms with E-state index in [0.717, 1.165) is 0 Å². The van der Waals surface area contributed by atoms with Crippen LogP contribution in [0.4, 0.5) is 10.1 Å². The van der Waals surface area contributed by atoms with Crippen molar-refractivity contribution < 1.29 is 9.18 Å². The number of nitrogens with zero attached hydrogens (tertiary/aromatic N) is 1. The molecule has 0 atom stereocenters. The third-order valence-electron chi connectivity index (χ3n) is 2.19. The van der Waals surface area contributed by atoms with E-state index in [1.165, 1.54) is 36.7 Å². The maximum atomic E-state index is 12.9. The standard InChI is InChI=1S/C12H7Cl2FN2O/c13-9-5-7(1-2-11(9)15)17-12(18)8-3-4-16-6-10(8)14/h1-6H,(H,17,18). The molecule has 1 aromatic heterocycles. The van der Waals surface area contributed by atoms with Crippen molar-refractivity contribution in [3.63, 3.8) is 0 Å². The van der Waals surface area contributed by atoms with E-state index in [-0.39, 0.29) is 15.6 Å². The molecule has 1 N–H and O–H groups in total. The fourth-order valence-electron chi connectivity index (χ4n) is 1.33. The van der Waals surface area contributed by atoms with Gasteiger partial charge in [0.15, 0.2) is 0 Å². The highest BCUT2D eigenvalue weighted by Crippen LogP contribution is 2.21. The molecule has 1 amide bonds. The maximum absolute atomic E-state index is 12.9. The Morgan fingerprint density at radius 1 is 1.22 bits per heavy atom. The van der Waals surface area contributed by atoms with Gasteiger partial charge in [0.05, 0.1) is 15.6 Å². The third kappa shape index (κ3) is 2.78. The molecule has 0 spiro atoms. The Kier molecular flexibility index (Phi) is 3.79. The maximum Gasteiger partial charge on any atom is 0.257 e. The van der Waals surface area contributed by atoms with E-state index in [1.807, 2.05) is 0 Å². The van der Waals surface area contributed by atoms with Gasteiger partial charge in [0, 0.05) is 18.1 Å². The number of rotatable bonds is 2. The Balaban J connectivity index is 2.22. The lowest BCUT2D eigenvalue weighted by Crippen LogP contribution is -2.12. The van der Waals surface area contributed by atoms with Gasteiger partial charge in [-0.2, -0.15) is 0 Å². The quantitative estimate of drug-likeness (QED) is 0.912. The summed E-state index contributed by atoms with van der Waals surface area (Å²) in [6, 6.07) is 5.40. The predicted molar refractivity (Wildman–Crippen MR) is 68.6 cm³/mol. The van der Waals surface area contributed by atoms with Crippen LogP contribution in [0.25, 0.3) is 0 Å². The SMILES string of the molecule is O=C(Nc1ccc(F)c(Cl)c1)c1ccncc1Cl. The van der Waals surface area contributed by atoms with Crippen LogP contribution in [0.2, 0.25) is 10.0 Å². The van der Waals surface area contributed by atoms with Crippen molar-refractivity contribution in [2.45, 2.75) is 0 Å². The van der Waals surface area contributed by atoms with Crippen LogP contribution in [0, 0.1) is 5.82 Å². The summed E-state index contributed by atoms with van der Waals surface area (Å²) < 4.78 is 12.9. The van der Waals surface area contributed by atoms with Crippen LogP contribution >= 0.6 is 23.2 Å². The van der Waals surface area contributed by atoms with E-state index in [9.17, 15) is 9.18 Å². The van der Waals surface area contributed by atoms with Gasteiger partial charge in [0.2, 0.25) is 0 Å². The Bertz CT molecular complexity index is 604. The number of aromatic nitrogens is 1. The number of carbonyl (C=O) groups excluding carboxylic acids is 1. The van der Waals surface area contributed by atoms with Crippen molar-refractivity contribution in [2.24, 2.45) is 0 Å². The van der Waals surface area contributed by atoms with Crippen LogP contribution in [0.5, 0.6) is 0 Å². The molecule has 1 aromatic carbocycles. The molecule has 0 saturated heterocycles. The number of nitrogens with one attached hydrogen (secondary N) is 1. The lowest BCUT2D eigenvalue weighted by Gasteiger charge is -2.06. The number of halogens is 3. The van der Waals surface area contributed by atoms with E-state index >= 15 is 0 Å². The zero-order chi connectivity index (χ0) is 13.1. The summed E-state index contributed by atoms with van der Waals surface area (Å²) in [4.78, 5) is 15.6. The smallest absolute Gasteiger partial charge is 0.257 e. The number of carbonyl (C=O) groups is 1. The second-order valence-corrected chi connectivity index (χ2v) is 4.25. The Morgan fingerprint density at radius 2 is 2.00 bits per heavy atom. The largest absolute Gasteiger partial charge is 0.322 e. The van der Waals surface area contributed by atoms with Gasteiger partial charge in [0.1, 0.15) is 5.82 Å². The van der Waals surface area contributed by atoms with E-state index in [0.29, 0.717) is 5.69 Å². The van der Waals surface area contributed by atoms with Crippen LogP contribution in [-0.4, -0.2) is 10.9 Å². The molecule has 0 aliphatic carbocycles. The van der Waals surface area contributed by atoms with E-state index in [1.54, 1.807) is 0 Å². The Morgan fingerprint density at radius 3 is 2.67 bits per heavy atom. The van der Waals surface area contributed by atoms with Crippen molar-refractivity contribution in [3.8, 4) is 0 Å². The average molecular weight is 285 g/mol. The molecule has 0 bridgehead atoms. The minimum atomic E-state index is -0.545. The summed E-state index contributed by atoms with van der Waals surface area (Å²) >= 11 is 11.4. The lowest BCUT2D eigenvalue weighted by molar-refractivity contribution is 0.102. The topological polar surface area (TPSA) is 42.0 Å². The van der Waals surface area contributed by atoms with Crippen molar-refractivity contribution in [1.82, 2.24) is 4.98 Å². The minimum absolute atomic E-state index is 0.0615. The average Bonchev–Trinajstić information content (AvgIpc) is 2.34. The first-order valence-corrected chi connectivity index (χ1v) is 5.69. The first kappa shape index (κ1) is 12.8. The number of anilines is 1. The van der Waals surface area contributed by atoms with Crippen molar-refractivity contribution in [1.29, 1.82) is 0 Å². The summed E-state index contributed by atoms with van der Waals surface area (Å²) in [5.41, 5.74) is 0.673. The van der Waals surface area contributed by atoms with Gasteiger partial charge in [-0.15, -0.1) is 0 Å². The number of benzene rings is 1. The van der Waals surface area contributed by atoms with Gasteiger partial charge in [-0.3, -0.25) is 9.78 Å². The molecule has 0 aliphatic rings. The van der Waals surface area contributed by atoms with E-state index in [2.05, 4.69) is 10.3 Å². The van der Waals surface area contributed by atoms with Gasteiger partial charge in [-0.25, -0.2) is 4.39 Å². The fourth-order valence-corrected chi connectivity index (χ4v) is 1.72. The number of hydrogen-bond acceptors (Lipinski definition) is 2. The fraction of sp³-hybridized carbons (Fsp3) is 0. The molecule has 2 aromatic rings. The lowest BCUT2D eigenvalue weighted by atomic mass is 10.2. The third-order valence-corrected chi connectivity index (χ3v) is 2.79. The molecule has 18 heavy (non-hydrogen) atoms. The van der Waals surface area contributed by atoms with Crippen LogP contribution in [0.3, 0.4) is 0 Å². The first-order chi connectivity index (χ1) is 8.58.